The minimum absolute atomic E-state index is 0.148. The molecule has 3 atom stereocenters. The maximum Gasteiger partial charge on any atom is 0.449 e. The molecule has 0 spiro atoms. The van der Waals surface area contributed by atoms with E-state index in [-0.39, 0.29) is 34.7 Å². The highest BCUT2D eigenvalue weighted by atomic mass is 19.4. The second kappa shape index (κ2) is 8.83. The van der Waals surface area contributed by atoms with Gasteiger partial charge in [0.05, 0.1) is 28.9 Å². The molecule has 1 aliphatic carbocycles. The molecule has 1 aliphatic heterocycles. The third kappa shape index (κ3) is 4.40. The molecular formula is C25H23F3N4O3. The van der Waals surface area contributed by atoms with Crippen LogP contribution < -0.4 is 5.32 Å². The summed E-state index contributed by atoms with van der Waals surface area (Å²) in [6.45, 7) is -0.390. The summed E-state index contributed by atoms with van der Waals surface area (Å²) in [5.74, 6) is -2.93. The van der Waals surface area contributed by atoms with Crippen LogP contribution in [0.15, 0.2) is 48.5 Å². The van der Waals surface area contributed by atoms with Crippen molar-refractivity contribution in [2.24, 2.45) is 11.8 Å². The van der Waals surface area contributed by atoms with Crippen molar-refractivity contribution in [1.82, 2.24) is 20.2 Å². The van der Waals surface area contributed by atoms with Gasteiger partial charge in [0.1, 0.15) is 6.54 Å². The van der Waals surface area contributed by atoms with Crippen molar-refractivity contribution in [3.05, 3.63) is 65.5 Å². The number of alkyl halides is 3. The molecule has 3 amide bonds. The van der Waals surface area contributed by atoms with E-state index in [9.17, 15) is 27.6 Å². The van der Waals surface area contributed by atoms with Crippen molar-refractivity contribution < 1.29 is 27.6 Å². The fraction of sp³-hybridized carbons (Fsp3) is 0.360. The van der Waals surface area contributed by atoms with Crippen LogP contribution in [0.1, 0.15) is 48.7 Å². The Bertz CT molecular complexity index is 1260. The van der Waals surface area contributed by atoms with Crippen molar-refractivity contribution in [3.8, 4) is 0 Å². The molecular weight excluding hydrogens is 461 g/mol. The van der Waals surface area contributed by atoms with E-state index in [1.54, 1.807) is 36.4 Å². The summed E-state index contributed by atoms with van der Waals surface area (Å²) in [6.07, 6.45) is -1.52. The number of imide groups is 1. The lowest BCUT2D eigenvalue weighted by Gasteiger charge is -2.22. The van der Waals surface area contributed by atoms with Gasteiger partial charge in [-0.15, -0.1) is 0 Å². The summed E-state index contributed by atoms with van der Waals surface area (Å²) in [5, 5.41) is 2.86. The normalized spacial score (nSPS) is 21.3. The van der Waals surface area contributed by atoms with Gasteiger partial charge < -0.3 is 10.3 Å². The van der Waals surface area contributed by atoms with E-state index in [1.165, 1.54) is 12.1 Å². The van der Waals surface area contributed by atoms with Crippen LogP contribution in [-0.4, -0.2) is 39.1 Å². The molecule has 0 bridgehead atoms. The van der Waals surface area contributed by atoms with Gasteiger partial charge >= 0.3 is 6.18 Å². The number of aromatic nitrogens is 2. The Hall–Kier alpha value is -3.69. The lowest BCUT2D eigenvalue weighted by atomic mass is 9.81. The molecule has 1 aromatic heterocycles. The average molecular weight is 484 g/mol. The molecule has 5 rings (SSSR count). The van der Waals surface area contributed by atoms with Crippen molar-refractivity contribution in [2.45, 2.75) is 37.9 Å². The van der Waals surface area contributed by atoms with E-state index < -0.39 is 30.5 Å². The van der Waals surface area contributed by atoms with Gasteiger partial charge in [0.25, 0.3) is 0 Å². The topological polar surface area (TPSA) is 95.2 Å². The molecule has 3 aromatic rings. The highest BCUT2D eigenvalue weighted by Gasteiger charge is 2.48. The number of carbonyl (C=O) groups excluding carboxylic acids is 3. The zero-order chi connectivity index (χ0) is 24.7. The first-order valence-electron chi connectivity index (χ1n) is 11.5. The number of hydrogen-bond acceptors (Lipinski definition) is 4. The number of likely N-dealkylation sites (tertiary alicyclic amines) is 1. The lowest BCUT2D eigenvalue weighted by molar-refractivity contribution is -0.144. The minimum atomic E-state index is -4.61. The van der Waals surface area contributed by atoms with Crippen molar-refractivity contribution in [2.75, 3.05) is 6.54 Å². The predicted octanol–water partition coefficient (Wildman–Crippen LogP) is 3.96. The van der Waals surface area contributed by atoms with E-state index >= 15 is 0 Å². The Balaban J connectivity index is 1.41. The van der Waals surface area contributed by atoms with E-state index in [2.05, 4.69) is 15.3 Å². The van der Waals surface area contributed by atoms with Gasteiger partial charge in [0, 0.05) is 0 Å². The molecule has 35 heavy (non-hydrogen) atoms. The average Bonchev–Trinajstić information content (AvgIpc) is 3.38. The number of rotatable bonds is 5. The zero-order valence-corrected chi connectivity index (χ0v) is 18.6. The number of benzene rings is 2. The number of aromatic amines is 1. The minimum Gasteiger partial charge on any atom is -0.344 e. The third-order valence-electron chi connectivity index (χ3n) is 6.78. The summed E-state index contributed by atoms with van der Waals surface area (Å²) in [7, 11) is 0. The van der Waals surface area contributed by atoms with Crippen LogP contribution in [0.4, 0.5) is 13.2 Å². The molecule has 2 aromatic carbocycles. The summed E-state index contributed by atoms with van der Waals surface area (Å²) in [4.78, 5) is 45.5. The number of halogens is 3. The van der Waals surface area contributed by atoms with Crippen LogP contribution in [0.2, 0.25) is 0 Å². The SMILES string of the molecule is O=C(CN1C(=O)[C@H]2CCCC[C@H]2C1=O)N[C@H](c1ccccc1)c1ccc2nc(C(F)(F)F)[nH]c2c1. The van der Waals surface area contributed by atoms with Gasteiger partial charge in [-0.25, -0.2) is 4.98 Å². The Morgan fingerprint density at radius 3 is 2.31 bits per heavy atom. The van der Waals surface area contributed by atoms with Crippen LogP contribution in [0.25, 0.3) is 11.0 Å². The number of imidazole rings is 1. The quantitative estimate of drug-likeness (QED) is 0.536. The first kappa shape index (κ1) is 23.1. The Kier molecular flexibility index (Phi) is 5.82. The van der Waals surface area contributed by atoms with Gasteiger partial charge in [-0.3, -0.25) is 19.3 Å². The van der Waals surface area contributed by atoms with Crippen LogP contribution in [-0.2, 0) is 20.6 Å². The van der Waals surface area contributed by atoms with Crippen LogP contribution in [0, 0.1) is 11.8 Å². The van der Waals surface area contributed by atoms with Crippen LogP contribution >= 0.6 is 0 Å². The molecule has 7 nitrogen and oxygen atoms in total. The monoisotopic (exact) mass is 484 g/mol. The van der Waals surface area contributed by atoms with E-state index in [4.69, 9.17) is 0 Å². The first-order chi connectivity index (χ1) is 16.7. The van der Waals surface area contributed by atoms with Crippen LogP contribution in [0.3, 0.4) is 0 Å². The molecule has 10 heteroatoms. The molecule has 0 radical (unpaired) electrons. The Morgan fingerprint density at radius 1 is 1.03 bits per heavy atom. The number of amides is 3. The number of hydrogen-bond donors (Lipinski definition) is 2. The van der Waals surface area contributed by atoms with Gasteiger partial charge in [0.15, 0.2) is 0 Å². The number of nitrogens with one attached hydrogen (secondary N) is 2. The maximum atomic E-state index is 13.1. The number of nitrogens with zero attached hydrogens (tertiary/aromatic N) is 2. The molecule has 0 unspecified atom stereocenters. The molecule has 2 fully saturated rings. The van der Waals surface area contributed by atoms with Gasteiger partial charge in [-0.2, -0.15) is 13.2 Å². The molecule has 1 saturated carbocycles. The third-order valence-corrected chi connectivity index (χ3v) is 6.78. The standard InChI is InChI=1S/C25H23F3N4O3/c26-25(27,28)24-29-18-11-10-15(12-19(18)30-24)21(14-6-2-1-3-7-14)31-20(33)13-32-22(34)16-8-4-5-9-17(16)23(32)35/h1-3,6-7,10-12,16-17,21H,4-5,8-9,13H2,(H,29,30)(H,31,33)/t16-,17+,21-/m1/s1. The van der Waals surface area contributed by atoms with E-state index in [0.717, 1.165) is 17.7 Å². The fourth-order valence-corrected chi connectivity index (χ4v) is 5.08. The largest absolute Gasteiger partial charge is 0.449 e. The summed E-state index contributed by atoms with van der Waals surface area (Å²) in [5.41, 5.74) is 1.56. The maximum absolute atomic E-state index is 13.1. The number of H-pyrrole nitrogens is 1. The number of fused-ring (bicyclic) bond motifs is 2. The predicted molar refractivity (Wildman–Crippen MR) is 120 cm³/mol. The second-order valence-corrected chi connectivity index (χ2v) is 9.03. The van der Waals surface area contributed by atoms with Gasteiger partial charge in [-0.1, -0.05) is 49.2 Å². The highest BCUT2D eigenvalue weighted by molar-refractivity contribution is 6.07. The molecule has 2 N–H and O–H groups in total. The van der Waals surface area contributed by atoms with Crippen molar-refractivity contribution in [3.63, 3.8) is 0 Å². The Morgan fingerprint density at radius 2 is 1.69 bits per heavy atom. The fourth-order valence-electron chi connectivity index (χ4n) is 5.08. The number of carbonyl (C=O) groups is 3. The first-order valence-corrected chi connectivity index (χ1v) is 11.5. The van der Waals surface area contributed by atoms with E-state index in [1.807, 2.05) is 0 Å². The van der Waals surface area contributed by atoms with Crippen molar-refractivity contribution in [1.29, 1.82) is 0 Å². The highest BCUT2D eigenvalue weighted by Crippen LogP contribution is 2.38. The molecule has 2 aliphatic rings. The Labute approximate surface area is 198 Å². The van der Waals surface area contributed by atoms with Crippen molar-refractivity contribution >= 4 is 28.8 Å². The lowest BCUT2D eigenvalue weighted by Crippen LogP contribution is -2.42. The van der Waals surface area contributed by atoms with Gasteiger partial charge in [-0.05, 0) is 36.1 Å². The molecule has 182 valence electrons. The summed E-state index contributed by atoms with van der Waals surface area (Å²) < 4.78 is 39.2. The zero-order valence-electron chi connectivity index (χ0n) is 18.6. The summed E-state index contributed by atoms with van der Waals surface area (Å²) in [6, 6.07) is 12.8. The second-order valence-electron chi connectivity index (χ2n) is 9.03. The summed E-state index contributed by atoms with van der Waals surface area (Å²) >= 11 is 0. The molecule has 1 saturated heterocycles. The smallest absolute Gasteiger partial charge is 0.344 e. The van der Waals surface area contributed by atoms with E-state index in [0.29, 0.717) is 24.0 Å². The molecule has 2 heterocycles. The van der Waals surface area contributed by atoms with Gasteiger partial charge in [0.2, 0.25) is 23.5 Å². The van der Waals surface area contributed by atoms with Crippen LogP contribution in [0.5, 0.6) is 0 Å².